The van der Waals surface area contributed by atoms with E-state index >= 15 is 0 Å². The zero-order chi connectivity index (χ0) is 17.9. The Kier molecular flexibility index (Phi) is 5.98. The first-order valence-electron chi connectivity index (χ1n) is 7.01. The molecule has 2 aliphatic heterocycles. The molecule has 24 heavy (non-hydrogen) atoms. The number of halogens is 5. The number of carbonyl (C=O) groups is 1. The number of aryl methyl sites for hydroxylation is 1. The minimum atomic E-state index is -1.75. The summed E-state index contributed by atoms with van der Waals surface area (Å²) < 4.78 is 48.0. The molecular weight excluding hydrogens is 394 g/mol. The Hall–Kier alpha value is -1.90. The number of nitrogens with zero attached hydrogens (tertiary/aromatic N) is 3. The molecule has 0 aromatic heterocycles. The van der Waals surface area contributed by atoms with Crippen LogP contribution in [-0.2, 0) is 4.79 Å². The molecule has 0 N–H and O–H groups in total. The number of hydrogen-bond acceptors (Lipinski definition) is 3. The van der Waals surface area contributed by atoms with E-state index in [0.29, 0.717) is 24.0 Å². The molecular formula is C15H14BrF4N3O. The SMILES string of the molecule is Cc1cc(N2C(=O)C=C(F)N3CCCN=C32)c(F)cc1Br.FCF. The summed E-state index contributed by atoms with van der Waals surface area (Å²) >= 11 is 3.24. The first-order chi connectivity index (χ1) is 11.4. The fraction of sp³-hybridized carbons (Fsp3) is 0.333. The Morgan fingerprint density at radius 1 is 1.29 bits per heavy atom. The molecule has 0 bridgehead atoms. The smallest absolute Gasteiger partial charge is 0.262 e. The maximum atomic E-state index is 14.2. The molecule has 0 aliphatic carbocycles. The van der Waals surface area contributed by atoms with Gasteiger partial charge in [0.05, 0.1) is 11.8 Å². The summed E-state index contributed by atoms with van der Waals surface area (Å²) in [6, 6.07) is 2.84. The van der Waals surface area contributed by atoms with Gasteiger partial charge >= 0.3 is 0 Å². The summed E-state index contributed by atoms with van der Waals surface area (Å²) in [5, 5.41) is 0. The van der Waals surface area contributed by atoms with Crippen LogP contribution in [0.3, 0.4) is 0 Å². The van der Waals surface area contributed by atoms with Crippen LogP contribution in [0.1, 0.15) is 12.0 Å². The predicted octanol–water partition coefficient (Wildman–Crippen LogP) is 4.00. The quantitative estimate of drug-likeness (QED) is 0.521. The zero-order valence-electron chi connectivity index (χ0n) is 12.7. The van der Waals surface area contributed by atoms with Crippen LogP contribution in [0.2, 0.25) is 0 Å². The average Bonchev–Trinajstić information content (AvgIpc) is 2.53. The van der Waals surface area contributed by atoms with Gasteiger partial charge in [-0.15, -0.1) is 0 Å². The van der Waals surface area contributed by atoms with E-state index in [9.17, 15) is 22.4 Å². The van der Waals surface area contributed by atoms with Gasteiger partial charge in [-0.1, -0.05) is 15.9 Å². The lowest BCUT2D eigenvalue weighted by atomic mass is 10.1. The van der Waals surface area contributed by atoms with Gasteiger partial charge in [0.25, 0.3) is 5.91 Å². The number of guanidine groups is 1. The van der Waals surface area contributed by atoms with E-state index in [2.05, 4.69) is 20.9 Å². The topological polar surface area (TPSA) is 35.9 Å². The Labute approximate surface area is 144 Å². The third-order valence-electron chi connectivity index (χ3n) is 3.42. The van der Waals surface area contributed by atoms with Crippen molar-refractivity contribution in [2.75, 3.05) is 24.9 Å². The number of anilines is 1. The number of aliphatic imine (C=N–C) groups is 1. The van der Waals surface area contributed by atoms with E-state index in [-0.39, 0.29) is 11.6 Å². The van der Waals surface area contributed by atoms with Crippen LogP contribution in [0.5, 0.6) is 0 Å². The lowest BCUT2D eigenvalue weighted by molar-refractivity contribution is -0.114. The fourth-order valence-corrected chi connectivity index (χ4v) is 2.69. The number of hydrogen-bond donors (Lipinski definition) is 0. The van der Waals surface area contributed by atoms with Crippen molar-refractivity contribution < 1.29 is 22.4 Å². The molecule has 2 aliphatic rings. The minimum Gasteiger partial charge on any atom is -0.288 e. The van der Waals surface area contributed by atoms with Crippen LogP contribution < -0.4 is 4.90 Å². The highest BCUT2D eigenvalue weighted by atomic mass is 79.9. The average molecular weight is 408 g/mol. The van der Waals surface area contributed by atoms with Crippen LogP contribution in [-0.4, -0.2) is 36.8 Å². The van der Waals surface area contributed by atoms with Gasteiger partial charge in [0, 0.05) is 17.6 Å². The van der Waals surface area contributed by atoms with Crippen LogP contribution in [0, 0.1) is 12.7 Å². The first-order valence-corrected chi connectivity index (χ1v) is 7.80. The van der Waals surface area contributed by atoms with Gasteiger partial charge in [-0.3, -0.25) is 14.7 Å². The highest BCUT2D eigenvalue weighted by Gasteiger charge is 2.35. The second kappa shape index (κ2) is 7.78. The third-order valence-corrected chi connectivity index (χ3v) is 4.28. The van der Waals surface area contributed by atoms with Gasteiger partial charge < -0.3 is 0 Å². The lowest BCUT2D eigenvalue weighted by Crippen LogP contribution is -2.52. The van der Waals surface area contributed by atoms with Crippen LogP contribution in [0.4, 0.5) is 23.2 Å². The fourth-order valence-electron chi connectivity index (χ4n) is 2.37. The molecule has 0 saturated carbocycles. The molecule has 4 nitrogen and oxygen atoms in total. The molecule has 130 valence electrons. The molecule has 1 aromatic rings. The molecule has 2 heterocycles. The highest BCUT2D eigenvalue weighted by Crippen LogP contribution is 2.31. The maximum Gasteiger partial charge on any atom is 0.262 e. The van der Waals surface area contributed by atoms with E-state index in [1.54, 1.807) is 13.0 Å². The normalized spacial score (nSPS) is 16.8. The lowest BCUT2D eigenvalue weighted by Gasteiger charge is -2.37. The van der Waals surface area contributed by atoms with Crippen molar-refractivity contribution in [2.45, 2.75) is 13.3 Å². The number of amides is 1. The van der Waals surface area contributed by atoms with Crippen molar-refractivity contribution in [1.82, 2.24) is 4.90 Å². The Morgan fingerprint density at radius 3 is 2.62 bits per heavy atom. The number of benzene rings is 1. The van der Waals surface area contributed by atoms with Crippen molar-refractivity contribution in [3.63, 3.8) is 0 Å². The second-order valence-corrected chi connectivity index (χ2v) is 5.84. The summed E-state index contributed by atoms with van der Waals surface area (Å²) in [6.07, 6.45) is 1.55. The van der Waals surface area contributed by atoms with E-state index in [4.69, 9.17) is 0 Å². The van der Waals surface area contributed by atoms with Gasteiger partial charge in [0.1, 0.15) is 5.82 Å². The van der Waals surface area contributed by atoms with Crippen molar-refractivity contribution in [3.8, 4) is 0 Å². The van der Waals surface area contributed by atoms with Gasteiger partial charge in [-0.25, -0.2) is 18.1 Å². The maximum absolute atomic E-state index is 14.2. The zero-order valence-corrected chi connectivity index (χ0v) is 14.3. The van der Waals surface area contributed by atoms with Gasteiger partial charge in [-0.05, 0) is 31.0 Å². The molecule has 1 aromatic carbocycles. The van der Waals surface area contributed by atoms with E-state index in [0.717, 1.165) is 16.5 Å². The number of fused-ring (bicyclic) bond motifs is 1. The molecule has 0 unspecified atom stereocenters. The molecule has 3 rings (SSSR count). The predicted molar refractivity (Wildman–Crippen MR) is 86.2 cm³/mol. The van der Waals surface area contributed by atoms with Gasteiger partial charge in [-0.2, -0.15) is 4.39 Å². The summed E-state index contributed by atoms with van der Waals surface area (Å²) in [6.45, 7) is 0.945. The molecule has 0 radical (unpaired) electrons. The standard InChI is InChI=1S/C14H12BrF2N3O.CH2F2/c1-8-5-11(10(16)6-9(8)15)20-13(21)7-12(17)19-4-2-3-18-14(19)20;2-1-3/h5-7H,2-4H2,1H3;1H2. The van der Waals surface area contributed by atoms with Crippen LogP contribution >= 0.6 is 15.9 Å². The minimum absolute atomic E-state index is 0.0788. The molecule has 0 spiro atoms. The summed E-state index contributed by atoms with van der Waals surface area (Å²) in [5.74, 6) is -1.70. The van der Waals surface area contributed by atoms with Crippen molar-refractivity contribution in [2.24, 2.45) is 4.99 Å². The molecule has 0 atom stereocenters. The van der Waals surface area contributed by atoms with Crippen molar-refractivity contribution in [3.05, 3.63) is 40.0 Å². The Bertz CT molecular complexity index is 708. The third kappa shape index (κ3) is 3.61. The molecule has 0 saturated heterocycles. The summed E-state index contributed by atoms with van der Waals surface area (Å²) in [7, 11) is 0. The largest absolute Gasteiger partial charge is 0.288 e. The van der Waals surface area contributed by atoms with Crippen LogP contribution in [0.15, 0.2) is 33.6 Å². The van der Waals surface area contributed by atoms with Gasteiger partial charge in [0.15, 0.2) is 0 Å². The van der Waals surface area contributed by atoms with E-state index in [1.165, 1.54) is 11.0 Å². The second-order valence-electron chi connectivity index (χ2n) is 4.98. The van der Waals surface area contributed by atoms with E-state index < -0.39 is 24.6 Å². The monoisotopic (exact) mass is 407 g/mol. The van der Waals surface area contributed by atoms with Crippen molar-refractivity contribution in [1.29, 1.82) is 0 Å². The summed E-state index contributed by atoms with van der Waals surface area (Å²) in [4.78, 5) is 18.7. The summed E-state index contributed by atoms with van der Waals surface area (Å²) in [5.41, 5.74) is 0.854. The number of rotatable bonds is 1. The highest BCUT2D eigenvalue weighted by molar-refractivity contribution is 9.10. The first kappa shape index (κ1) is 18.4. The molecule has 1 amide bonds. The number of alkyl halides is 2. The Morgan fingerprint density at radius 2 is 1.96 bits per heavy atom. The van der Waals surface area contributed by atoms with Gasteiger partial charge in [0.2, 0.25) is 18.8 Å². The van der Waals surface area contributed by atoms with Crippen LogP contribution in [0.25, 0.3) is 0 Å². The number of carbonyl (C=O) groups excluding carboxylic acids is 1. The molecule has 9 heteroatoms. The van der Waals surface area contributed by atoms with Crippen molar-refractivity contribution >= 4 is 33.5 Å². The Balaban J connectivity index is 0.000000647. The van der Waals surface area contributed by atoms with E-state index in [1.807, 2.05) is 0 Å². The molecule has 0 fully saturated rings.